The van der Waals surface area contributed by atoms with Crippen LogP contribution in [0.2, 0.25) is 0 Å². The van der Waals surface area contributed by atoms with E-state index in [0.717, 1.165) is 22.5 Å². The summed E-state index contributed by atoms with van der Waals surface area (Å²) in [6.07, 6.45) is 0.596. The molecule has 0 amide bonds. The molecular formula is C24H18F3N7O2. The van der Waals surface area contributed by atoms with E-state index in [2.05, 4.69) is 31.4 Å². The van der Waals surface area contributed by atoms with Crippen LogP contribution in [0.5, 0.6) is 0 Å². The lowest BCUT2D eigenvalue weighted by atomic mass is 10.1. The van der Waals surface area contributed by atoms with E-state index in [1.165, 1.54) is 24.7 Å². The number of hydrogen-bond acceptors (Lipinski definition) is 8. The predicted octanol–water partition coefficient (Wildman–Crippen LogP) is 4.84. The Labute approximate surface area is 203 Å². The zero-order chi connectivity index (χ0) is 25.9. The van der Waals surface area contributed by atoms with Crippen molar-refractivity contribution < 1.29 is 22.7 Å². The Kier molecular flexibility index (Phi) is 6.64. The number of nitriles is 1. The molecule has 182 valence electrons. The molecule has 0 unspecified atom stereocenters. The number of carbonyl (C=O) groups excluding carboxylic acids is 1. The number of ether oxygens (including phenoxy) is 1. The molecule has 1 aromatic carbocycles. The molecule has 0 radical (unpaired) electrons. The van der Waals surface area contributed by atoms with Gasteiger partial charge < -0.3 is 10.1 Å². The number of halogens is 3. The third kappa shape index (κ3) is 5.30. The number of rotatable bonds is 6. The number of anilines is 2. The molecule has 3 heterocycles. The fraction of sp³-hybridized carbons (Fsp3) is 0.167. The van der Waals surface area contributed by atoms with Gasteiger partial charge in [-0.3, -0.25) is 4.98 Å². The van der Waals surface area contributed by atoms with Crippen molar-refractivity contribution in [2.75, 3.05) is 11.9 Å². The molecule has 0 aliphatic carbocycles. The number of pyridine rings is 1. The zero-order valence-electron chi connectivity index (χ0n) is 19.0. The average molecular weight is 493 g/mol. The van der Waals surface area contributed by atoms with Gasteiger partial charge in [0, 0.05) is 41.6 Å². The molecule has 0 fully saturated rings. The number of benzene rings is 1. The molecule has 1 N–H and O–H groups in total. The van der Waals surface area contributed by atoms with Crippen molar-refractivity contribution in [3.8, 4) is 23.0 Å². The Bertz CT molecular complexity index is 1480. The van der Waals surface area contributed by atoms with Gasteiger partial charge in [0.25, 0.3) is 0 Å². The van der Waals surface area contributed by atoms with Crippen molar-refractivity contribution in [2.24, 2.45) is 0 Å². The van der Waals surface area contributed by atoms with E-state index < -0.39 is 17.8 Å². The van der Waals surface area contributed by atoms with Gasteiger partial charge >= 0.3 is 12.1 Å². The van der Waals surface area contributed by atoms with Crippen LogP contribution in [0.25, 0.3) is 16.9 Å². The third-order valence-corrected chi connectivity index (χ3v) is 4.89. The number of aryl methyl sites for hydroxylation is 1. The maximum absolute atomic E-state index is 13.2. The molecule has 9 nitrogen and oxygen atoms in total. The third-order valence-electron chi connectivity index (χ3n) is 4.89. The maximum atomic E-state index is 13.2. The van der Waals surface area contributed by atoms with E-state index >= 15 is 0 Å². The lowest BCUT2D eigenvalue weighted by molar-refractivity contribution is -0.141. The van der Waals surface area contributed by atoms with Crippen molar-refractivity contribution in [1.29, 1.82) is 5.26 Å². The van der Waals surface area contributed by atoms with E-state index in [1.54, 1.807) is 25.1 Å². The molecule has 0 saturated heterocycles. The van der Waals surface area contributed by atoms with Crippen LogP contribution in [0.3, 0.4) is 0 Å². The molecule has 36 heavy (non-hydrogen) atoms. The summed E-state index contributed by atoms with van der Waals surface area (Å²) in [4.78, 5) is 24.9. The first-order valence-electron chi connectivity index (χ1n) is 10.6. The molecule has 0 saturated carbocycles. The quantitative estimate of drug-likeness (QED) is 0.379. The standard InChI is InChI=1S/C24H18F3N7O2/c1-3-36-22(35)17-9-16(11-29-12-17)19-13-30-23(31-18-7-14(2)6-15(8-18)10-28)32-21(19)34-5-4-20(33-34)24(25,26)27/h4-9,11-13H,3H2,1-2H3,(H,30,31,32). The molecule has 4 aromatic rings. The van der Waals surface area contributed by atoms with Crippen LogP contribution in [0.1, 0.15) is 34.1 Å². The molecule has 4 rings (SSSR count). The van der Waals surface area contributed by atoms with Gasteiger partial charge in [-0.25, -0.2) is 14.5 Å². The normalized spacial score (nSPS) is 11.1. The number of esters is 1. The number of nitrogens with one attached hydrogen (secondary N) is 1. The van der Waals surface area contributed by atoms with Gasteiger partial charge in [-0.1, -0.05) is 0 Å². The highest BCUT2D eigenvalue weighted by molar-refractivity contribution is 5.90. The molecule has 12 heteroatoms. The highest BCUT2D eigenvalue weighted by atomic mass is 19.4. The van der Waals surface area contributed by atoms with Crippen molar-refractivity contribution in [1.82, 2.24) is 24.7 Å². The van der Waals surface area contributed by atoms with Gasteiger partial charge in [0.1, 0.15) is 0 Å². The number of nitrogens with zero attached hydrogens (tertiary/aromatic N) is 6. The first-order valence-corrected chi connectivity index (χ1v) is 10.6. The van der Waals surface area contributed by atoms with Crippen LogP contribution in [-0.2, 0) is 10.9 Å². The molecule has 0 bridgehead atoms. The molecule has 0 aliphatic heterocycles. The highest BCUT2D eigenvalue weighted by Crippen LogP contribution is 2.31. The Hall–Kier alpha value is -4.79. The Morgan fingerprint density at radius 1 is 1.19 bits per heavy atom. The summed E-state index contributed by atoms with van der Waals surface area (Å²) in [5, 5.41) is 15.8. The van der Waals surface area contributed by atoms with Gasteiger partial charge in [-0.15, -0.1) is 0 Å². The van der Waals surface area contributed by atoms with E-state index in [0.29, 0.717) is 16.8 Å². The fourth-order valence-electron chi connectivity index (χ4n) is 3.37. The van der Waals surface area contributed by atoms with Crippen LogP contribution >= 0.6 is 0 Å². The molecular weight excluding hydrogens is 475 g/mol. The SMILES string of the molecule is CCOC(=O)c1cncc(-c2cnc(Nc3cc(C)cc(C#N)c3)nc2-n2ccc(C(F)(F)F)n2)c1. The van der Waals surface area contributed by atoms with E-state index in [-0.39, 0.29) is 29.5 Å². The molecule has 0 aliphatic rings. The summed E-state index contributed by atoms with van der Waals surface area (Å²) >= 11 is 0. The van der Waals surface area contributed by atoms with Crippen LogP contribution in [0, 0.1) is 18.3 Å². The van der Waals surface area contributed by atoms with Crippen LogP contribution < -0.4 is 5.32 Å². The summed E-state index contributed by atoms with van der Waals surface area (Å²) in [5.41, 5.74) is 1.45. The van der Waals surface area contributed by atoms with E-state index in [1.807, 2.05) is 6.92 Å². The number of aromatic nitrogens is 5. The summed E-state index contributed by atoms with van der Waals surface area (Å²) in [6.45, 7) is 3.64. The van der Waals surface area contributed by atoms with Crippen molar-refractivity contribution in [3.05, 3.63) is 77.5 Å². The second-order valence-electron chi connectivity index (χ2n) is 7.58. The zero-order valence-corrected chi connectivity index (χ0v) is 19.0. The van der Waals surface area contributed by atoms with E-state index in [9.17, 15) is 23.2 Å². The molecule has 0 spiro atoms. The van der Waals surface area contributed by atoms with Gasteiger partial charge in [0.15, 0.2) is 11.5 Å². The minimum atomic E-state index is -4.65. The summed E-state index contributed by atoms with van der Waals surface area (Å²) in [5.74, 6) is -0.528. The highest BCUT2D eigenvalue weighted by Gasteiger charge is 2.34. The first kappa shape index (κ1) is 24.3. The van der Waals surface area contributed by atoms with E-state index in [4.69, 9.17) is 4.74 Å². The smallest absolute Gasteiger partial charge is 0.435 e. The van der Waals surface area contributed by atoms with Gasteiger partial charge in [-0.2, -0.15) is 28.5 Å². The van der Waals surface area contributed by atoms with Gasteiger partial charge in [0.2, 0.25) is 5.95 Å². The minimum absolute atomic E-state index is 0.0129. The molecule has 0 atom stereocenters. The first-order chi connectivity index (χ1) is 17.2. The average Bonchev–Trinajstić information content (AvgIpc) is 3.35. The summed E-state index contributed by atoms with van der Waals surface area (Å²) < 4.78 is 45.6. The number of carbonyl (C=O) groups is 1. The van der Waals surface area contributed by atoms with Gasteiger partial charge in [-0.05, 0) is 49.7 Å². The van der Waals surface area contributed by atoms with Crippen molar-refractivity contribution >= 4 is 17.6 Å². The van der Waals surface area contributed by atoms with Crippen molar-refractivity contribution in [2.45, 2.75) is 20.0 Å². The lowest BCUT2D eigenvalue weighted by Crippen LogP contribution is -2.10. The predicted molar refractivity (Wildman–Crippen MR) is 123 cm³/mol. The largest absolute Gasteiger partial charge is 0.462 e. The Morgan fingerprint density at radius 3 is 2.69 bits per heavy atom. The number of alkyl halides is 3. The van der Waals surface area contributed by atoms with Crippen LogP contribution in [-0.4, -0.2) is 37.3 Å². The monoisotopic (exact) mass is 493 g/mol. The van der Waals surface area contributed by atoms with Crippen molar-refractivity contribution in [3.63, 3.8) is 0 Å². The fourth-order valence-corrected chi connectivity index (χ4v) is 3.37. The Balaban J connectivity index is 1.81. The van der Waals surface area contributed by atoms with Crippen LogP contribution in [0.4, 0.5) is 24.8 Å². The van der Waals surface area contributed by atoms with Gasteiger partial charge in [0.05, 0.1) is 23.8 Å². The molecule has 3 aromatic heterocycles. The number of hydrogen-bond donors (Lipinski definition) is 1. The maximum Gasteiger partial charge on any atom is 0.435 e. The summed E-state index contributed by atoms with van der Waals surface area (Å²) in [6, 6.07) is 9.42. The summed E-state index contributed by atoms with van der Waals surface area (Å²) in [7, 11) is 0. The topological polar surface area (TPSA) is 119 Å². The second kappa shape index (κ2) is 9.83. The Morgan fingerprint density at radius 2 is 2.00 bits per heavy atom. The van der Waals surface area contributed by atoms with Crippen LogP contribution in [0.15, 0.2) is 55.1 Å². The minimum Gasteiger partial charge on any atom is -0.462 e. The lowest BCUT2D eigenvalue weighted by Gasteiger charge is -2.13. The second-order valence-corrected chi connectivity index (χ2v) is 7.58.